The summed E-state index contributed by atoms with van der Waals surface area (Å²) in [6.45, 7) is 5.31. The third-order valence-corrected chi connectivity index (χ3v) is 7.42. The number of likely N-dealkylation sites (tertiary alicyclic amines) is 1. The smallest absolute Gasteiger partial charge is 0.158 e. The highest BCUT2D eigenvalue weighted by molar-refractivity contribution is 5.95. The van der Waals surface area contributed by atoms with Gasteiger partial charge < -0.3 is 19.7 Å². The van der Waals surface area contributed by atoms with Crippen LogP contribution in [0.5, 0.6) is 17.2 Å². The molecule has 39 heavy (non-hydrogen) atoms. The van der Waals surface area contributed by atoms with Crippen LogP contribution in [0.2, 0.25) is 0 Å². The first kappa shape index (κ1) is 25.1. The molecule has 0 saturated carbocycles. The van der Waals surface area contributed by atoms with Gasteiger partial charge in [0.1, 0.15) is 41.8 Å². The van der Waals surface area contributed by atoms with Crippen LogP contribution in [-0.2, 0) is 0 Å². The van der Waals surface area contributed by atoms with E-state index in [2.05, 4.69) is 50.3 Å². The fraction of sp³-hybridized carbons (Fsp3) is 0.333. The summed E-state index contributed by atoms with van der Waals surface area (Å²) in [6, 6.07) is 16.3. The summed E-state index contributed by atoms with van der Waals surface area (Å²) in [5.74, 6) is 3.02. The minimum atomic E-state index is 0.173. The van der Waals surface area contributed by atoms with Gasteiger partial charge in [-0.1, -0.05) is 19.4 Å². The van der Waals surface area contributed by atoms with Gasteiger partial charge in [0.15, 0.2) is 5.65 Å². The Labute approximate surface area is 227 Å². The summed E-state index contributed by atoms with van der Waals surface area (Å²) in [5, 5.41) is 8.52. The van der Waals surface area contributed by atoms with Gasteiger partial charge in [-0.3, -0.25) is 0 Å². The van der Waals surface area contributed by atoms with Crippen LogP contribution in [0.3, 0.4) is 0 Å². The number of benzene rings is 2. The highest BCUT2D eigenvalue weighted by atomic mass is 16.5. The maximum Gasteiger partial charge on any atom is 0.158 e. The Morgan fingerprint density at radius 3 is 2.82 bits per heavy atom. The molecular formula is C30H33N7O2. The van der Waals surface area contributed by atoms with E-state index in [0.29, 0.717) is 11.8 Å². The Hall–Kier alpha value is -4.24. The average molecular weight is 524 g/mol. The first-order chi connectivity index (χ1) is 19.1. The van der Waals surface area contributed by atoms with Crippen molar-refractivity contribution >= 4 is 28.1 Å². The van der Waals surface area contributed by atoms with E-state index >= 15 is 0 Å². The van der Waals surface area contributed by atoms with Gasteiger partial charge in [-0.05, 0) is 75.2 Å². The number of aryl methyl sites for hydroxylation is 1. The standard InChI is InChI=1S/C30H33N7O2/c1-4-6-22-16-23(11-13-36(22)3)39-27-8-5-7-25-29(27)30(33-18-31-25)35-21-9-10-26(20(2)15-21)38-24-12-14-37-28(17-24)32-19-34-37/h5,7-10,12,14-15,17-19,22-23H,4,6,11,13,16H2,1-3H3,(H,31,33,35). The van der Waals surface area contributed by atoms with Gasteiger partial charge in [-0.2, -0.15) is 5.10 Å². The monoisotopic (exact) mass is 523 g/mol. The van der Waals surface area contributed by atoms with Crippen LogP contribution in [0.1, 0.15) is 38.2 Å². The summed E-state index contributed by atoms with van der Waals surface area (Å²) >= 11 is 0. The summed E-state index contributed by atoms with van der Waals surface area (Å²) in [7, 11) is 2.22. The van der Waals surface area contributed by atoms with Crippen molar-refractivity contribution in [2.75, 3.05) is 18.9 Å². The number of piperidine rings is 1. The maximum atomic E-state index is 6.63. The molecule has 0 amide bonds. The zero-order valence-corrected chi connectivity index (χ0v) is 22.5. The van der Waals surface area contributed by atoms with E-state index in [1.165, 1.54) is 19.2 Å². The van der Waals surface area contributed by atoms with E-state index in [-0.39, 0.29) is 6.10 Å². The van der Waals surface area contributed by atoms with E-state index in [1.54, 1.807) is 10.8 Å². The number of aromatic nitrogens is 5. The van der Waals surface area contributed by atoms with Gasteiger partial charge in [-0.25, -0.2) is 19.5 Å². The molecule has 0 bridgehead atoms. The highest BCUT2D eigenvalue weighted by Crippen LogP contribution is 2.35. The number of hydrogen-bond donors (Lipinski definition) is 1. The molecule has 1 aliphatic rings. The second-order valence-corrected chi connectivity index (χ2v) is 10.2. The van der Waals surface area contributed by atoms with E-state index < -0.39 is 0 Å². The summed E-state index contributed by atoms with van der Waals surface area (Å²) in [4.78, 5) is 15.8. The average Bonchev–Trinajstić information content (AvgIpc) is 3.41. The van der Waals surface area contributed by atoms with Crippen LogP contribution < -0.4 is 14.8 Å². The van der Waals surface area contributed by atoms with Gasteiger partial charge in [0.25, 0.3) is 0 Å². The molecular weight excluding hydrogens is 490 g/mol. The Morgan fingerprint density at radius 1 is 1.03 bits per heavy atom. The number of ether oxygens (including phenoxy) is 2. The quantitative estimate of drug-likeness (QED) is 0.259. The van der Waals surface area contributed by atoms with Crippen LogP contribution >= 0.6 is 0 Å². The van der Waals surface area contributed by atoms with Crippen molar-refractivity contribution in [3.05, 3.63) is 72.9 Å². The molecule has 4 heterocycles. The molecule has 0 aliphatic carbocycles. The third-order valence-electron chi connectivity index (χ3n) is 7.42. The van der Waals surface area contributed by atoms with Crippen molar-refractivity contribution < 1.29 is 9.47 Å². The molecule has 5 aromatic rings. The van der Waals surface area contributed by atoms with E-state index in [4.69, 9.17) is 9.47 Å². The summed E-state index contributed by atoms with van der Waals surface area (Å²) in [5.41, 5.74) is 3.48. The van der Waals surface area contributed by atoms with Crippen LogP contribution in [0, 0.1) is 6.92 Å². The number of pyridine rings is 1. The fourth-order valence-corrected chi connectivity index (χ4v) is 5.33. The van der Waals surface area contributed by atoms with Crippen LogP contribution in [-0.4, -0.2) is 55.2 Å². The lowest BCUT2D eigenvalue weighted by molar-refractivity contribution is 0.0687. The predicted octanol–water partition coefficient (Wildman–Crippen LogP) is 6.16. The number of rotatable bonds is 8. The third kappa shape index (κ3) is 5.35. The highest BCUT2D eigenvalue weighted by Gasteiger charge is 2.27. The van der Waals surface area contributed by atoms with Crippen LogP contribution in [0.25, 0.3) is 16.6 Å². The number of hydrogen-bond acceptors (Lipinski definition) is 8. The molecule has 2 unspecified atom stereocenters. The molecule has 9 heteroatoms. The second-order valence-electron chi connectivity index (χ2n) is 10.2. The SMILES string of the molecule is CCCC1CC(Oc2cccc3ncnc(Nc4ccc(Oc5ccn6ncnc6c5)c(C)c4)c23)CCN1C. The Balaban J connectivity index is 1.23. The fourth-order valence-electron chi connectivity index (χ4n) is 5.33. The molecule has 0 spiro atoms. The Kier molecular flexibility index (Phi) is 6.98. The first-order valence-corrected chi connectivity index (χ1v) is 13.5. The molecule has 1 saturated heterocycles. The number of anilines is 2. The van der Waals surface area contributed by atoms with E-state index in [1.807, 2.05) is 55.6 Å². The molecule has 2 atom stereocenters. The lowest BCUT2D eigenvalue weighted by atomic mass is 9.96. The lowest BCUT2D eigenvalue weighted by Crippen LogP contribution is -2.43. The maximum absolute atomic E-state index is 6.63. The molecule has 6 rings (SSSR count). The predicted molar refractivity (Wildman–Crippen MR) is 152 cm³/mol. The summed E-state index contributed by atoms with van der Waals surface area (Å²) < 4.78 is 14.5. The first-order valence-electron chi connectivity index (χ1n) is 13.5. The van der Waals surface area contributed by atoms with Gasteiger partial charge in [0.05, 0.1) is 10.9 Å². The van der Waals surface area contributed by atoms with Crippen molar-refractivity contribution in [3.8, 4) is 17.2 Å². The largest absolute Gasteiger partial charge is 0.489 e. The molecule has 1 aliphatic heterocycles. The van der Waals surface area contributed by atoms with Crippen molar-refractivity contribution in [2.45, 2.75) is 51.7 Å². The number of nitrogens with one attached hydrogen (secondary N) is 1. The molecule has 2 aromatic carbocycles. The zero-order chi connectivity index (χ0) is 26.8. The van der Waals surface area contributed by atoms with Crippen LogP contribution in [0.15, 0.2) is 67.4 Å². The minimum Gasteiger partial charge on any atom is -0.489 e. The minimum absolute atomic E-state index is 0.173. The molecule has 1 N–H and O–H groups in total. The van der Waals surface area contributed by atoms with Crippen molar-refractivity contribution in [1.29, 1.82) is 0 Å². The zero-order valence-electron chi connectivity index (χ0n) is 22.5. The van der Waals surface area contributed by atoms with Crippen molar-refractivity contribution in [3.63, 3.8) is 0 Å². The van der Waals surface area contributed by atoms with Crippen molar-refractivity contribution in [1.82, 2.24) is 29.5 Å². The topological polar surface area (TPSA) is 89.7 Å². The summed E-state index contributed by atoms with van der Waals surface area (Å²) in [6.07, 6.45) is 9.52. The molecule has 0 radical (unpaired) electrons. The Morgan fingerprint density at radius 2 is 1.95 bits per heavy atom. The molecule has 1 fully saturated rings. The van der Waals surface area contributed by atoms with E-state index in [9.17, 15) is 0 Å². The Bertz CT molecular complexity index is 1600. The van der Waals surface area contributed by atoms with Gasteiger partial charge in [0, 0.05) is 30.5 Å². The number of fused-ring (bicyclic) bond motifs is 2. The lowest BCUT2D eigenvalue weighted by Gasteiger charge is -2.37. The normalized spacial score (nSPS) is 17.9. The molecule has 200 valence electrons. The van der Waals surface area contributed by atoms with Gasteiger partial charge >= 0.3 is 0 Å². The molecule has 9 nitrogen and oxygen atoms in total. The number of nitrogens with zero attached hydrogens (tertiary/aromatic N) is 6. The van der Waals surface area contributed by atoms with Gasteiger partial charge in [0.2, 0.25) is 0 Å². The van der Waals surface area contributed by atoms with E-state index in [0.717, 1.165) is 64.5 Å². The van der Waals surface area contributed by atoms with Gasteiger partial charge in [-0.15, -0.1) is 0 Å². The van der Waals surface area contributed by atoms with Crippen LogP contribution in [0.4, 0.5) is 11.5 Å². The molecule has 3 aromatic heterocycles. The second kappa shape index (κ2) is 10.9. The van der Waals surface area contributed by atoms with Crippen molar-refractivity contribution in [2.24, 2.45) is 0 Å².